The molecule has 68 valence electrons. The minimum absolute atomic E-state index is 0.109. The van der Waals surface area contributed by atoms with Gasteiger partial charge >= 0.3 is 0 Å². The Morgan fingerprint density at radius 1 is 1.83 bits per heavy atom. The molecule has 0 aromatic carbocycles. The number of hydrogen-bond donors (Lipinski definition) is 2. The minimum Gasteiger partial charge on any atom is -0.391 e. The van der Waals surface area contributed by atoms with Gasteiger partial charge in [0, 0.05) is 18.8 Å². The van der Waals surface area contributed by atoms with Gasteiger partial charge in [0.2, 0.25) is 0 Å². The SMILES string of the molecule is C[C@@H](O)C(N)C(=O)CC1CC1=O. The van der Waals surface area contributed by atoms with Crippen LogP contribution in [0.4, 0.5) is 0 Å². The molecule has 0 aromatic rings. The maximum absolute atomic E-state index is 11.1. The van der Waals surface area contributed by atoms with Crippen molar-refractivity contribution < 1.29 is 14.7 Å². The Bertz CT molecular complexity index is 212. The van der Waals surface area contributed by atoms with Gasteiger partial charge in [-0.2, -0.15) is 0 Å². The number of aliphatic hydroxyl groups is 1. The van der Waals surface area contributed by atoms with E-state index >= 15 is 0 Å². The molecule has 0 heterocycles. The highest BCUT2D eigenvalue weighted by Crippen LogP contribution is 2.28. The molecule has 2 unspecified atom stereocenters. The van der Waals surface area contributed by atoms with Gasteiger partial charge in [-0.15, -0.1) is 0 Å². The molecule has 1 aliphatic rings. The lowest BCUT2D eigenvalue weighted by Gasteiger charge is -2.11. The first-order chi connectivity index (χ1) is 5.52. The number of hydrogen-bond acceptors (Lipinski definition) is 4. The van der Waals surface area contributed by atoms with Crippen molar-refractivity contribution >= 4 is 11.6 Å². The topological polar surface area (TPSA) is 80.4 Å². The molecule has 0 amide bonds. The van der Waals surface area contributed by atoms with E-state index in [0.717, 1.165) is 0 Å². The molecule has 1 rings (SSSR count). The fourth-order valence-corrected chi connectivity index (χ4v) is 1.02. The van der Waals surface area contributed by atoms with Crippen molar-refractivity contribution in [3.05, 3.63) is 0 Å². The van der Waals surface area contributed by atoms with Crippen LogP contribution in [0, 0.1) is 5.92 Å². The summed E-state index contributed by atoms with van der Waals surface area (Å²) in [5, 5.41) is 8.96. The third-order valence-corrected chi connectivity index (χ3v) is 2.08. The molecule has 3 atom stereocenters. The van der Waals surface area contributed by atoms with Gasteiger partial charge in [-0.25, -0.2) is 0 Å². The van der Waals surface area contributed by atoms with E-state index in [1.165, 1.54) is 6.92 Å². The summed E-state index contributed by atoms with van der Waals surface area (Å²) in [6, 6.07) is -0.835. The number of aliphatic hydroxyl groups excluding tert-OH is 1. The van der Waals surface area contributed by atoms with Crippen molar-refractivity contribution in [3.8, 4) is 0 Å². The molecule has 1 fully saturated rings. The number of carbonyl (C=O) groups is 2. The van der Waals surface area contributed by atoms with E-state index < -0.39 is 12.1 Å². The summed E-state index contributed by atoms with van der Waals surface area (Å²) in [6.07, 6.45) is -0.130. The lowest BCUT2D eigenvalue weighted by atomic mass is 10.0. The van der Waals surface area contributed by atoms with Crippen molar-refractivity contribution in [3.63, 3.8) is 0 Å². The maximum Gasteiger partial charge on any atom is 0.152 e. The second-order valence-electron chi connectivity index (χ2n) is 3.30. The molecule has 1 saturated carbocycles. The Morgan fingerprint density at radius 3 is 2.67 bits per heavy atom. The zero-order valence-electron chi connectivity index (χ0n) is 6.99. The molecule has 0 bridgehead atoms. The molecule has 0 saturated heterocycles. The number of ketones is 2. The number of nitrogens with two attached hydrogens (primary N) is 1. The monoisotopic (exact) mass is 171 g/mol. The second-order valence-corrected chi connectivity index (χ2v) is 3.30. The highest BCUT2D eigenvalue weighted by Gasteiger charge is 2.37. The van der Waals surface area contributed by atoms with Crippen molar-refractivity contribution in [2.75, 3.05) is 0 Å². The standard InChI is InChI=1S/C8H13NO3/c1-4(10)8(9)7(12)3-5-2-6(5)11/h4-5,8,10H,2-3,9H2,1H3/t4-,5?,8?/m1/s1. The minimum atomic E-state index is -0.835. The zero-order chi connectivity index (χ0) is 9.30. The van der Waals surface area contributed by atoms with Crippen molar-refractivity contribution in [2.24, 2.45) is 11.7 Å². The van der Waals surface area contributed by atoms with Crippen LogP contribution in [0.5, 0.6) is 0 Å². The van der Waals surface area contributed by atoms with Gasteiger partial charge in [0.05, 0.1) is 12.1 Å². The van der Waals surface area contributed by atoms with Gasteiger partial charge in [0.25, 0.3) is 0 Å². The zero-order valence-corrected chi connectivity index (χ0v) is 6.99. The van der Waals surface area contributed by atoms with Crippen molar-refractivity contribution in [1.29, 1.82) is 0 Å². The Balaban J connectivity index is 2.32. The van der Waals surface area contributed by atoms with E-state index in [1.807, 2.05) is 0 Å². The first kappa shape index (κ1) is 9.35. The molecule has 0 radical (unpaired) electrons. The van der Waals surface area contributed by atoms with E-state index in [1.54, 1.807) is 0 Å². The van der Waals surface area contributed by atoms with Crippen LogP contribution in [0.15, 0.2) is 0 Å². The lowest BCUT2D eigenvalue weighted by Crippen LogP contribution is -2.40. The molecule has 4 nitrogen and oxygen atoms in total. The van der Waals surface area contributed by atoms with E-state index in [2.05, 4.69) is 0 Å². The maximum atomic E-state index is 11.1. The quantitative estimate of drug-likeness (QED) is 0.582. The van der Waals surface area contributed by atoms with Gasteiger partial charge < -0.3 is 10.8 Å². The van der Waals surface area contributed by atoms with E-state index in [-0.39, 0.29) is 23.9 Å². The molecule has 0 spiro atoms. The number of Topliss-reactive ketones (excluding diaryl/α,β-unsaturated/α-hetero) is 2. The van der Waals surface area contributed by atoms with Crippen LogP contribution in [-0.2, 0) is 9.59 Å². The Kier molecular flexibility index (Phi) is 2.59. The van der Waals surface area contributed by atoms with Crippen LogP contribution in [0.3, 0.4) is 0 Å². The van der Waals surface area contributed by atoms with Gasteiger partial charge in [-0.3, -0.25) is 9.59 Å². The molecule has 0 aromatic heterocycles. The summed E-state index contributed by atoms with van der Waals surface area (Å²) in [7, 11) is 0. The molecule has 4 heteroatoms. The summed E-state index contributed by atoms with van der Waals surface area (Å²) in [6.45, 7) is 1.47. The normalized spacial score (nSPS) is 26.6. The predicted octanol–water partition coefficient (Wildman–Crippen LogP) is -0.757. The van der Waals surface area contributed by atoms with Gasteiger partial charge in [-0.05, 0) is 6.92 Å². The van der Waals surface area contributed by atoms with Crippen LogP contribution >= 0.6 is 0 Å². The highest BCUT2D eigenvalue weighted by atomic mass is 16.3. The fraction of sp³-hybridized carbons (Fsp3) is 0.750. The Morgan fingerprint density at radius 2 is 2.33 bits per heavy atom. The van der Waals surface area contributed by atoms with Crippen LogP contribution < -0.4 is 5.73 Å². The van der Waals surface area contributed by atoms with Crippen LogP contribution in [0.25, 0.3) is 0 Å². The summed E-state index contributed by atoms with van der Waals surface area (Å²) >= 11 is 0. The molecular formula is C8H13NO3. The third-order valence-electron chi connectivity index (χ3n) is 2.08. The lowest BCUT2D eigenvalue weighted by molar-refractivity contribution is -0.123. The number of rotatable bonds is 4. The third kappa shape index (κ3) is 2.12. The molecule has 1 aliphatic carbocycles. The van der Waals surface area contributed by atoms with Crippen LogP contribution in [0.1, 0.15) is 19.8 Å². The summed E-state index contributed by atoms with van der Waals surface area (Å²) in [4.78, 5) is 21.7. The van der Waals surface area contributed by atoms with Gasteiger partial charge in [0.1, 0.15) is 5.78 Å². The highest BCUT2D eigenvalue weighted by molar-refractivity contribution is 6.00. The van der Waals surface area contributed by atoms with E-state index in [0.29, 0.717) is 6.42 Å². The van der Waals surface area contributed by atoms with Crippen LogP contribution in [-0.4, -0.2) is 28.8 Å². The van der Waals surface area contributed by atoms with E-state index in [4.69, 9.17) is 10.8 Å². The van der Waals surface area contributed by atoms with Gasteiger partial charge in [0.15, 0.2) is 5.78 Å². The Labute approximate surface area is 70.7 Å². The molecular weight excluding hydrogens is 158 g/mol. The number of carbonyl (C=O) groups excluding carboxylic acids is 2. The summed E-state index contributed by atoms with van der Waals surface area (Å²) in [5.41, 5.74) is 5.37. The van der Waals surface area contributed by atoms with Gasteiger partial charge in [-0.1, -0.05) is 0 Å². The predicted molar refractivity (Wildman–Crippen MR) is 42.4 cm³/mol. The average Bonchev–Trinajstić information content (AvgIpc) is 2.64. The second kappa shape index (κ2) is 3.33. The first-order valence-corrected chi connectivity index (χ1v) is 4.01. The van der Waals surface area contributed by atoms with E-state index in [9.17, 15) is 9.59 Å². The molecule has 12 heavy (non-hydrogen) atoms. The largest absolute Gasteiger partial charge is 0.391 e. The average molecular weight is 171 g/mol. The van der Waals surface area contributed by atoms with Crippen LogP contribution in [0.2, 0.25) is 0 Å². The molecule has 0 aliphatic heterocycles. The molecule has 3 N–H and O–H groups in total. The van der Waals surface area contributed by atoms with Crippen molar-refractivity contribution in [2.45, 2.75) is 31.9 Å². The summed E-state index contributed by atoms with van der Waals surface area (Å²) in [5.74, 6) is -0.204. The first-order valence-electron chi connectivity index (χ1n) is 4.01. The fourth-order valence-electron chi connectivity index (χ4n) is 1.02. The van der Waals surface area contributed by atoms with Crippen molar-refractivity contribution in [1.82, 2.24) is 0 Å². The Hall–Kier alpha value is -0.740. The smallest absolute Gasteiger partial charge is 0.152 e. The summed E-state index contributed by atoms with van der Waals surface area (Å²) < 4.78 is 0.